The molecule has 1 aliphatic rings. The Balaban J connectivity index is 2.32. The Morgan fingerprint density at radius 3 is 2.50 bits per heavy atom. The molecule has 1 aromatic carbocycles. The molecular weight excluding hydrogens is 337 g/mol. The van der Waals surface area contributed by atoms with Gasteiger partial charge in [-0.15, -0.1) is 0 Å². The molecule has 0 spiro atoms. The summed E-state index contributed by atoms with van der Waals surface area (Å²) < 4.78 is 27.4. The number of nitrogens with zero attached hydrogens (tertiary/aromatic N) is 2. The summed E-state index contributed by atoms with van der Waals surface area (Å²) in [5.74, 6) is -4.34. The largest absolute Gasteiger partial charge is 0.364 e. The van der Waals surface area contributed by atoms with Gasteiger partial charge in [0.1, 0.15) is 0 Å². The van der Waals surface area contributed by atoms with E-state index in [0.717, 1.165) is 0 Å². The second kappa shape index (κ2) is 5.76. The summed E-state index contributed by atoms with van der Waals surface area (Å²) in [6.45, 7) is 2.01. The highest BCUT2D eigenvalue weighted by atomic mass is 35.5. The van der Waals surface area contributed by atoms with Crippen molar-refractivity contribution in [3.05, 3.63) is 33.8 Å². The lowest BCUT2D eigenvalue weighted by Gasteiger charge is -2.35. The van der Waals surface area contributed by atoms with E-state index in [2.05, 4.69) is 5.10 Å². The first kappa shape index (κ1) is 17.1. The SMILES string of the molecule is CC1=NN(C(=O)Cc2c(Cl)cccc2Cl)C(O)(C(C)(F)F)C1. The van der Waals surface area contributed by atoms with Crippen LogP contribution in [0.15, 0.2) is 23.3 Å². The summed E-state index contributed by atoms with van der Waals surface area (Å²) in [5, 5.41) is 14.9. The molecule has 0 bridgehead atoms. The number of rotatable bonds is 3. The van der Waals surface area contributed by atoms with Crippen LogP contribution in [0.3, 0.4) is 0 Å². The quantitative estimate of drug-likeness (QED) is 0.906. The molecule has 0 radical (unpaired) electrons. The van der Waals surface area contributed by atoms with Gasteiger partial charge in [0, 0.05) is 29.1 Å². The molecule has 8 heteroatoms. The third kappa shape index (κ3) is 2.95. The van der Waals surface area contributed by atoms with E-state index in [1.165, 1.54) is 19.1 Å². The molecule has 1 heterocycles. The Morgan fingerprint density at radius 1 is 1.45 bits per heavy atom. The highest BCUT2D eigenvalue weighted by molar-refractivity contribution is 6.36. The maximum Gasteiger partial charge on any atom is 0.294 e. The van der Waals surface area contributed by atoms with Crippen LogP contribution in [0.2, 0.25) is 10.0 Å². The normalized spacial score (nSPS) is 22.0. The average molecular weight is 351 g/mol. The van der Waals surface area contributed by atoms with Gasteiger partial charge in [-0.25, -0.2) is 8.78 Å². The number of hydrazone groups is 1. The predicted octanol–water partition coefficient (Wildman–Crippen LogP) is 3.49. The molecule has 1 unspecified atom stereocenters. The number of alkyl halides is 2. The number of benzene rings is 1. The first-order valence-corrected chi connectivity index (χ1v) is 7.22. The van der Waals surface area contributed by atoms with Crippen LogP contribution in [0.1, 0.15) is 25.8 Å². The molecule has 22 heavy (non-hydrogen) atoms. The fourth-order valence-corrected chi connectivity index (χ4v) is 2.78. The fraction of sp³-hybridized carbons (Fsp3) is 0.429. The van der Waals surface area contributed by atoms with Crippen LogP contribution >= 0.6 is 23.2 Å². The molecule has 4 nitrogen and oxygen atoms in total. The summed E-state index contributed by atoms with van der Waals surface area (Å²) in [7, 11) is 0. The Bertz CT molecular complexity index is 626. The summed E-state index contributed by atoms with van der Waals surface area (Å²) in [4.78, 5) is 12.3. The molecule has 120 valence electrons. The summed E-state index contributed by atoms with van der Waals surface area (Å²) in [6.07, 6.45) is -0.758. The van der Waals surface area contributed by atoms with Crippen molar-refractivity contribution in [1.29, 1.82) is 0 Å². The average Bonchev–Trinajstić information content (AvgIpc) is 2.70. The number of hydrogen-bond donors (Lipinski definition) is 1. The minimum Gasteiger partial charge on any atom is -0.364 e. The van der Waals surface area contributed by atoms with Gasteiger partial charge in [0.25, 0.3) is 5.92 Å². The Morgan fingerprint density at radius 2 is 2.00 bits per heavy atom. The molecule has 1 aromatic rings. The number of hydrogen-bond acceptors (Lipinski definition) is 3. The van der Waals surface area contributed by atoms with Crippen molar-refractivity contribution in [3.63, 3.8) is 0 Å². The predicted molar refractivity (Wildman–Crippen MR) is 80.3 cm³/mol. The van der Waals surface area contributed by atoms with Crippen molar-refractivity contribution >= 4 is 34.8 Å². The summed E-state index contributed by atoms with van der Waals surface area (Å²) in [5.41, 5.74) is -2.14. The van der Waals surface area contributed by atoms with Crippen LogP contribution in [-0.2, 0) is 11.2 Å². The summed E-state index contributed by atoms with van der Waals surface area (Å²) in [6, 6.07) is 4.68. The van der Waals surface area contributed by atoms with Gasteiger partial charge >= 0.3 is 0 Å². The zero-order chi connectivity index (χ0) is 16.7. The van der Waals surface area contributed by atoms with Crippen molar-refractivity contribution in [2.24, 2.45) is 5.10 Å². The molecule has 1 N–H and O–H groups in total. The van der Waals surface area contributed by atoms with E-state index in [1.54, 1.807) is 6.07 Å². The first-order valence-electron chi connectivity index (χ1n) is 6.46. The van der Waals surface area contributed by atoms with E-state index in [9.17, 15) is 18.7 Å². The first-order chi connectivity index (χ1) is 10.1. The molecule has 1 aliphatic heterocycles. The van der Waals surface area contributed by atoms with E-state index < -0.39 is 24.0 Å². The third-order valence-electron chi connectivity index (χ3n) is 3.45. The van der Waals surface area contributed by atoms with Crippen molar-refractivity contribution in [2.45, 2.75) is 38.3 Å². The van der Waals surface area contributed by atoms with Crippen LogP contribution in [0, 0.1) is 0 Å². The van der Waals surface area contributed by atoms with E-state index in [0.29, 0.717) is 17.5 Å². The van der Waals surface area contributed by atoms with E-state index in [-0.39, 0.29) is 22.2 Å². The minimum atomic E-state index is -3.53. The Kier molecular flexibility index (Phi) is 4.48. The zero-order valence-electron chi connectivity index (χ0n) is 11.9. The van der Waals surface area contributed by atoms with Crippen molar-refractivity contribution < 1.29 is 18.7 Å². The van der Waals surface area contributed by atoms with Gasteiger partial charge in [-0.3, -0.25) is 4.79 Å². The zero-order valence-corrected chi connectivity index (χ0v) is 13.4. The van der Waals surface area contributed by atoms with Gasteiger partial charge in [0.15, 0.2) is 0 Å². The number of amides is 1. The van der Waals surface area contributed by atoms with Crippen molar-refractivity contribution in [3.8, 4) is 0 Å². The molecule has 1 amide bonds. The van der Waals surface area contributed by atoms with E-state index in [1.807, 2.05) is 0 Å². The third-order valence-corrected chi connectivity index (χ3v) is 4.16. The number of aliphatic hydroxyl groups is 1. The molecule has 0 fully saturated rings. The lowest BCUT2D eigenvalue weighted by atomic mass is 10.0. The molecule has 1 atom stereocenters. The van der Waals surface area contributed by atoms with E-state index in [4.69, 9.17) is 23.2 Å². The molecule has 0 saturated heterocycles. The molecule has 0 saturated carbocycles. The fourth-order valence-electron chi connectivity index (χ4n) is 2.25. The smallest absolute Gasteiger partial charge is 0.294 e. The summed E-state index contributed by atoms with van der Waals surface area (Å²) >= 11 is 11.9. The molecule has 0 aliphatic carbocycles. The van der Waals surface area contributed by atoms with Crippen LogP contribution in [0.25, 0.3) is 0 Å². The van der Waals surface area contributed by atoms with Crippen molar-refractivity contribution in [2.75, 3.05) is 0 Å². The standard InChI is InChI=1S/C14H14Cl2F2N2O2/c1-8-7-14(22,13(2,17)18)20(19-8)12(21)6-9-10(15)4-3-5-11(9)16/h3-5,22H,6-7H2,1-2H3. The number of halogens is 4. The van der Waals surface area contributed by atoms with Gasteiger partial charge in [-0.05, 0) is 24.6 Å². The second-order valence-electron chi connectivity index (χ2n) is 5.30. The van der Waals surface area contributed by atoms with Crippen LogP contribution in [-0.4, -0.2) is 33.4 Å². The van der Waals surface area contributed by atoms with Crippen LogP contribution < -0.4 is 0 Å². The monoisotopic (exact) mass is 350 g/mol. The van der Waals surface area contributed by atoms with Gasteiger partial charge in [-0.1, -0.05) is 29.3 Å². The van der Waals surface area contributed by atoms with Gasteiger partial charge in [-0.2, -0.15) is 10.1 Å². The number of carbonyl (C=O) groups excluding carboxylic acids is 1. The highest BCUT2D eigenvalue weighted by Crippen LogP contribution is 2.39. The highest BCUT2D eigenvalue weighted by Gasteiger charge is 2.58. The molecule has 0 aromatic heterocycles. The van der Waals surface area contributed by atoms with E-state index >= 15 is 0 Å². The maximum absolute atomic E-state index is 13.7. The lowest BCUT2D eigenvalue weighted by molar-refractivity contribution is -0.234. The Hall–Kier alpha value is -1.24. The minimum absolute atomic E-state index is 0.239. The van der Waals surface area contributed by atoms with Crippen molar-refractivity contribution in [1.82, 2.24) is 5.01 Å². The van der Waals surface area contributed by atoms with Gasteiger partial charge in [0.2, 0.25) is 11.6 Å². The molecular formula is C14H14Cl2F2N2O2. The maximum atomic E-state index is 13.7. The van der Waals surface area contributed by atoms with Gasteiger partial charge in [0.05, 0.1) is 6.42 Å². The van der Waals surface area contributed by atoms with Crippen LogP contribution in [0.5, 0.6) is 0 Å². The lowest BCUT2D eigenvalue weighted by Crippen LogP contribution is -2.57. The topological polar surface area (TPSA) is 52.9 Å². The van der Waals surface area contributed by atoms with Crippen LogP contribution in [0.4, 0.5) is 8.78 Å². The molecule has 2 rings (SSSR count). The number of carbonyl (C=O) groups is 1. The Labute approximate surface area is 136 Å². The van der Waals surface area contributed by atoms with Gasteiger partial charge < -0.3 is 5.11 Å². The second-order valence-corrected chi connectivity index (χ2v) is 6.11.